The van der Waals surface area contributed by atoms with Crippen molar-refractivity contribution < 1.29 is 28.6 Å². The van der Waals surface area contributed by atoms with Crippen LogP contribution in [0.2, 0.25) is 0 Å². The van der Waals surface area contributed by atoms with Crippen LogP contribution in [0.5, 0.6) is 11.5 Å². The quantitative estimate of drug-likeness (QED) is 0.537. The van der Waals surface area contributed by atoms with E-state index in [1.165, 1.54) is 14.2 Å². The van der Waals surface area contributed by atoms with E-state index >= 15 is 0 Å². The van der Waals surface area contributed by atoms with Crippen molar-refractivity contribution in [2.75, 3.05) is 21.0 Å². The van der Waals surface area contributed by atoms with Crippen LogP contribution >= 0.6 is 0 Å². The molecule has 2 fully saturated rings. The minimum Gasteiger partial charge on any atom is -0.468 e. The number of amides is 2. The van der Waals surface area contributed by atoms with E-state index in [1.807, 2.05) is 56.3 Å². The lowest BCUT2D eigenvalue weighted by molar-refractivity contribution is -0.154. The Hall–Kier alpha value is -3.39. The molecule has 0 spiro atoms. The third-order valence-corrected chi connectivity index (χ3v) is 7.13. The van der Waals surface area contributed by atoms with E-state index in [9.17, 15) is 14.4 Å². The number of rotatable bonds is 5. The third-order valence-electron chi connectivity index (χ3n) is 7.13. The van der Waals surface area contributed by atoms with Crippen LogP contribution in [-0.2, 0) is 19.1 Å². The van der Waals surface area contributed by atoms with Gasteiger partial charge in [0.1, 0.15) is 5.54 Å². The van der Waals surface area contributed by atoms with Crippen molar-refractivity contribution >= 4 is 17.8 Å². The van der Waals surface area contributed by atoms with Gasteiger partial charge in [0.15, 0.2) is 11.5 Å². The van der Waals surface area contributed by atoms with Gasteiger partial charge in [-0.1, -0.05) is 44.2 Å². The van der Waals surface area contributed by atoms with Crippen molar-refractivity contribution in [2.24, 2.45) is 17.8 Å². The van der Waals surface area contributed by atoms with Crippen LogP contribution in [0.25, 0.3) is 11.1 Å². The smallest absolute Gasteiger partial charge is 0.326 e. The number of methoxy groups -OCH3 is 1. The van der Waals surface area contributed by atoms with E-state index in [1.54, 1.807) is 0 Å². The third kappa shape index (κ3) is 3.27. The zero-order valence-corrected chi connectivity index (χ0v) is 19.7. The number of ether oxygens (including phenoxy) is 3. The topological polar surface area (TPSA) is 94.2 Å². The molecule has 0 saturated carbocycles. The zero-order valence-electron chi connectivity index (χ0n) is 19.7. The lowest BCUT2D eigenvalue weighted by Crippen LogP contribution is -2.56. The monoisotopic (exact) mass is 464 g/mol. The summed E-state index contributed by atoms with van der Waals surface area (Å²) in [6, 6.07) is 13.1. The van der Waals surface area contributed by atoms with Crippen LogP contribution in [-0.4, -0.2) is 49.2 Å². The summed E-state index contributed by atoms with van der Waals surface area (Å²) in [6.07, 6.45) is 0.388. The predicted octanol–water partition coefficient (Wildman–Crippen LogP) is 2.92. The second-order valence-electron chi connectivity index (χ2n) is 9.61. The molecule has 8 nitrogen and oxygen atoms in total. The molecule has 3 heterocycles. The number of nitrogens with one attached hydrogen (secondary N) is 1. The van der Waals surface area contributed by atoms with Crippen LogP contribution < -0.4 is 14.8 Å². The molecule has 8 heteroatoms. The van der Waals surface area contributed by atoms with Gasteiger partial charge >= 0.3 is 5.97 Å². The Balaban J connectivity index is 1.52. The Bertz CT molecular complexity index is 1160. The molecule has 0 aliphatic carbocycles. The second kappa shape index (κ2) is 8.13. The summed E-state index contributed by atoms with van der Waals surface area (Å²) in [4.78, 5) is 40.6. The molecule has 3 unspecified atom stereocenters. The van der Waals surface area contributed by atoms with Crippen molar-refractivity contribution in [3.8, 4) is 22.6 Å². The fraction of sp³-hybridized carbons (Fsp3) is 0.423. The Morgan fingerprint density at radius 1 is 1.09 bits per heavy atom. The van der Waals surface area contributed by atoms with Crippen LogP contribution in [0, 0.1) is 17.8 Å². The van der Waals surface area contributed by atoms with Gasteiger partial charge in [-0.05, 0) is 41.2 Å². The van der Waals surface area contributed by atoms with Crippen molar-refractivity contribution in [3.05, 3.63) is 48.0 Å². The SMILES string of the molecule is COC(=O)[C@]1(CC(C)C)NC(c2ccc(-c3ccc4c(c3)OCO4)cc2)C2C(=O)N(C)C(=O)C21. The molecular formula is C26H28N2O6. The number of carbonyl (C=O) groups is 3. The van der Waals surface area contributed by atoms with Crippen LogP contribution in [0.1, 0.15) is 31.9 Å². The Morgan fingerprint density at radius 3 is 2.44 bits per heavy atom. The van der Waals surface area contributed by atoms with E-state index < -0.39 is 29.4 Å². The van der Waals surface area contributed by atoms with Gasteiger partial charge in [0.05, 0.1) is 18.9 Å². The first-order valence-corrected chi connectivity index (χ1v) is 11.4. The summed E-state index contributed by atoms with van der Waals surface area (Å²) in [7, 11) is 2.81. The lowest BCUT2D eigenvalue weighted by atomic mass is 9.75. The average Bonchev–Trinajstić information content (AvgIpc) is 3.50. The lowest BCUT2D eigenvalue weighted by Gasteiger charge is -2.33. The highest BCUT2D eigenvalue weighted by molar-refractivity contribution is 6.09. The molecule has 2 amide bonds. The summed E-state index contributed by atoms with van der Waals surface area (Å²) < 4.78 is 16.0. The van der Waals surface area contributed by atoms with E-state index in [-0.39, 0.29) is 24.5 Å². The minimum absolute atomic E-state index is 0.105. The van der Waals surface area contributed by atoms with Gasteiger partial charge in [0, 0.05) is 13.1 Å². The number of nitrogens with zero attached hydrogens (tertiary/aromatic N) is 1. The molecule has 2 saturated heterocycles. The molecule has 3 aliphatic rings. The first-order chi connectivity index (χ1) is 16.3. The van der Waals surface area contributed by atoms with Crippen LogP contribution in [0.4, 0.5) is 0 Å². The highest BCUT2D eigenvalue weighted by Gasteiger charge is 2.68. The van der Waals surface area contributed by atoms with Crippen molar-refractivity contribution in [1.82, 2.24) is 10.2 Å². The molecule has 34 heavy (non-hydrogen) atoms. The van der Waals surface area contributed by atoms with E-state index in [0.717, 1.165) is 27.3 Å². The molecular weight excluding hydrogens is 436 g/mol. The molecule has 5 rings (SSSR count). The number of benzene rings is 2. The second-order valence-corrected chi connectivity index (χ2v) is 9.61. The van der Waals surface area contributed by atoms with E-state index in [4.69, 9.17) is 14.2 Å². The molecule has 4 atom stereocenters. The molecule has 0 bridgehead atoms. The Morgan fingerprint density at radius 2 is 1.76 bits per heavy atom. The zero-order chi connectivity index (χ0) is 24.2. The van der Waals surface area contributed by atoms with Gasteiger partial charge in [-0.2, -0.15) is 0 Å². The Kier molecular flexibility index (Phi) is 5.36. The van der Waals surface area contributed by atoms with Gasteiger partial charge in [-0.15, -0.1) is 0 Å². The van der Waals surface area contributed by atoms with E-state index in [2.05, 4.69) is 5.32 Å². The molecule has 0 radical (unpaired) electrons. The number of fused-ring (bicyclic) bond motifs is 2. The molecule has 0 aromatic heterocycles. The van der Waals surface area contributed by atoms with E-state index in [0.29, 0.717) is 12.2 Å². The number of imide groups is 1. The van der Waals surface area contributed by atoms with Crippen LogP contribution in [0.3, 0.4) is 0 Å². The summed E-state index contributed by atoms with van der Waals surface area (Å²) in [5, 5.41) is 3.40. The standard InChI is InChI=1S/C26H28N2O6/c1-14(2)12-26(25(31)32-4)21-20(23(29)28(3)24(21)30)22(27-26)16-7-5-15(6-8-16)17-9-10-18-19(11-17)34-13-33-18/h5-11,14,20-22,27H,12-13H2,1-4H3/t20?,21?,22?,26-/m1/s1. The molecule has 1 N–H and O–H groups in total. The highest BCUT2D eigenvalue weighted by Crippen LogP contribution is 2.51. The van der Waals surface area contributed by atoms with Gasteiger partial charge in [0.2, 0.25) is 18.6 Å². The Labute approximate surface area is 198 Å². The summed E-state index contributed by atoms with van der Waals surface area (Å²) in [5.74, 6) is -1.07. The van der Waals surface area contributed by atoms with Gasteiger partial charge in [-0.25, -0.2) is 0 Å². The largest absolute Gasteiger partial charge is 0.468 e. The fourth-order valence-corrected chi connectivity index (χ4v) is 5.68. The maximum absolute atomic E-state index is 13.2. The summed E-state index contributed by atoms with van der Waals surface area (Å²) in [5.41, 5.74) is 1.53. The normalized spacial score (nSPS) is 27.4. The first kappa shape index (κ1) is 22.4. The van der Waals surface area contributed by atoms with Crippen molar-refractivity contribution in [2.45, 2.75) is 31.8 Å². The van der Waals surface area contributed by atoms with Gasteiger partial charge in [0.25, 0.3) is 0 Å². The number of hydrogen-bond acceptors (Lipinski definition) is 7. The van der Waals surface area contributed by atoms with Crippen molar-refractivity contribution in [1.29, 1.82) is 0 Å². The maximum atomic E-state index is 13.2. The number of esters is 1. The molecule has 3 aliphatic heterocycles. The highest BCUT2D eigenvalue weighted by atomic mass is 16.7. The fourth-order valence-electron chi connectivity index (χ4n) is 5.68. The summed E-state index contributed by atoms with van der Waals surface area (Å²) >= 11 is 0. The average molecular weight is 465 g/mol. The predicted molar refractivity (Wildman–Crippen MR) is 123 cm³/mol. The minimum atomic E-state index is -1.26. The van der Waals surface area contributed by atoms with Crippen molar-refractivity contribution in [3.63, 3.8) is 0 Å². The maximum Gasteiger partial charge on any atom is 0.326 e. The molecule has 2 aromatic rings. The molecule has 2 aromatic carbocycles. The van der Waals surface area contributed by atoms with Crippen LogP contribution in [0.15, 0.2) is 42.5 Å². The van der Waals surface area contributed by atoms with Gasteiger partial charge in [-0.3, -0.25) is 24.6 Å². The number of likely N-dealkylation sites (tertiary alicyclic amines) is 1. The summed E-state index contributed by atoms with van der Waals surface area (Å²) in [6.45, 7) is 4.19. The number of hydrogen-bond donors (Lipinski definition) is 1. The molecule has 178 valence electrons. The first-order valence-electron chi connectivity index (χ1n) is 11.4. The number of carbonyl (C=O) groups excluding carboxylic acids is 3. The van der Waals surface area contributed by atoms with Gasteiger partial charge < -0.3 is 14.2 Å².